The molecule has 1 aliphatic carbocycles. The molecule has 0 heterocycles. The molecule has 2 atom stereocenters. The number of benzene rings is 1. The van der Waals surface area contributed by atoms with Gasteiger partial charge in [0.15, 0.2) is 0 Å². The molecule has 0 saturated heterocycles. The van der Waals surface area contributed by atoms with E-state index in [1.165, 1.54) is 0 Å². The van der Waals surface area contributed by atoms with Crippen LogP contribution in [0.1, 0.15) is 36.0 Å². The molecule has 102 valence electrons. The van der Waals surface area contributed by atoms with Crippen LogP contribution < -0.4 is 5.32 Å². The Balaban J connectivity index is 2.09. The van der Waals surface area contributed by atoms with Gasteiger partial charge in [-0.2, -0.15) is 0 Å². The van der Waals surface area contributed by atoms with Crippen molar-refractivity contribution in [1.29, 1.82) is 0 Å². The average molecular weight is 263 g/mol. The molecule has 3 N–H and O–H groups in total. The summed E-state index contributed by atoms with van der Waals surface area (Å²) in [7, 11) is 0. The molecule has 2 unspecified atom stereocenters. The van der Waals surface area contributed by atoms with Crippen LogP contribution >= 0.6 is 0 Å². The highest BCUT2D eigenvalue weighted by Crippen LogP contribution is 2.28. The van der Waals surface area contributed by atoms with Gasteiger partial charge in [0.2, 0.25) is 0 Å². The maximum absolute atomic E-state index is 11.1. The quantitative estimate of drug-likeness (QED) is 0.776. The van der Waals surface area contributed by atoms with Crippen LogP contribution in [-0.4, -0.2) is 28.2 Å². The van der Waals surface area contributed by atoms with Crippen molar-refractivity contribution in [3.8, 4) is 0 Å². The maximum Gasteiger partial charge on any atom is 0.337 e. The summed E-state index contributed by atoms with van der Waals surface area (Å²) in [4.78, 5) is 22.1. The average Bonchev–Trinajstić information content (AvgIpc) is 2.39. The van der Waals surface area contributed by atoms with Gasteiger partial charge < -0.3 is 15.5 Å². The first-order chi connectivity index (χ1) is 9.08. The largest absolute Gasteiger partial charge is 0.481 e. The predicted molar refractivity (Wildman–Crippen MR) is 70.4 cm³/mol. The number of aromatic carboxylic acids is 1. The Kier molecular flexibility index (Phi) is 4.04. The van der Waals surface area contributed by atoms with Gasteiger partial charge in [0.1, 0.15) is 0 Å². The number of rotatable bonds is 4. The lowest BCUT2D eigenvalue weighted by atomic mass is 9.85. The topological polar surface area (TPSA) is 86.6 Å². The summed E-state index contributed by atoms with van der Waals surface area (Å²) in [6.45, 7) is 0. The summed E-state index contributed by atoms with van der Waals surface area (Å²) < 4.78 is 0. The van der Waals surface area contributed by atoms with Crippen LogP contribution in [0.4, 0.5) is 5.69 Å². The summed E-state index contributed by atoms with van der Waals surface area (Å²) >= 11 is 0. The number of carboxylic acids is 2. The fourth-order valence-corrected chi connectivity index (χ4v) is 2.56. The highest BCUT2D eigenvalue weighted by atomic mass is 16.4. The van der Waals surface area contributed by atoms with Crippen molar-refractivity contribution in [2.75, 3.05) is 5.32 Å². The van der Waals surface area contributed by atoms with E-state index in [0.29, 0.717) is 18.5 Å². The van der Waals surface area contributed by atoms with Crippen LogP contribution in [0.5, 0.6) is 0 Å². The minimum atomic E-state index is -0.978. The summed E-state index contributed by atoms with van der Waals surface area (Å²) in [6.07, 6.45) is 2.97. The zero-order valence-corrected chi connectivity index (χ0v) is 10.5. The molecule has 0 radical (unpaired) electrons. The van der Waals surface area contributed by atoms with Crippen molar-refractivity contribution >= 4 is 17.6 Å². The number of para-hydroxylation sites is 1. The van der Waals surface area contributed by atoms with Gasteiger partial charge >= 0.3 is 11.9 Å². The lowest BCUT2D eigenvalue weighted by molar-refractivity contribution is -0.142. The molecule has 0 amide bonds. The van der Waals surface area contributed by atoms with Gasteiger partial charge in [0.05, 0.1) is 11.5 Å². The zero-order chi connectivity index (χ0) is 13.8. The number of hydrogen-bond donors (Lipinski definition) is 3. The van der Waals surface area contributed by atoms with Crippen LogP contribution in [0, 0.1) is 5.92 Å². The summed E-state index contributed by atoms with van der Waals surface area (Å²) in [6, 6.07) is 6.73. The molecule has 1 aromatic carbocycles. The number of carboxylic acid groups (broad SMARTS) is 2. The highest BCUT2D eigenvalue weighted by molar-refractivity contribution is 5.94. The molecule has 1 saturated carbocycles. The molecular formula is C14H17NO4. The van der Waals surface area contributed by atoms with E-state index in [0.717, 1.165) is 12.8 Å². The van der Waals surface area contributed by atoms with Gasteiger partial charge in [0.25, 0.3) is 0 Å². The molecule has 1 aliphatic rings. The minimum absolute atomic E-state index is 0.0235. The van der Waals surface area contributed by atoms with Crippen LogP contribution in [0.3, 0.4) is 0 Å². The van der Waals surface area contributed by atoms with E-state index in [1.54, 1.807) is 24.3 Å². The SMILES string of the molecule is O=C(O)c1ccccc1NC1CCCC(C(=O)O)C1. The third-order valence-corrected chi connectivity index (χ3v) is 3.54. The Bertz CT molecular complexity index is 486. The second-order valence-corrected chi connectivity index (χ2v) is 4.89. The summed E-state index contributed by atoms with van der Waals surface area (Å²) in [5.41, 5.74) is 0.783. The van der Waals surface area contributed by atoms with Gasteiger partial charge in [-0.05, 0) is 31.4 Å². The van der Waals surface area contributed by atoms with Crippen molar-refractivity contribution in [1.82, 2.24) is 0 Å². The molecule has 0 spiro atoms. The van der Waals surface area contributed by atoms with E-state index in [9.17, 15) is 9.59 Å². The van der Waals surface area contributed by atoms with E-state index < -0.39 is 11.9 Å². The predicted octanol–water partition coefficient (Wildman–Crippen LogP) is 2.44. The molecule has 0 aliphatic heterocycles. The smallest absolute Gasteiger partial charge is 0.337 e. The monoisotopic (exact) mass is 263 g/mol. The molecular weight excluding hydrogens is 246 g/mol. The number of hydrogen-bond acceptors (Lipinski definition) is 3. The Morgan fingerprint density at radius 2 is 1.89 bits per heavy atom. The van der Waals surface area contributed by atoms with E-state index in [2.05, 4.69) is 5.32 Å². The molecule has 1 aromatic rings. The molecule has 5 heteroatoms. The van der Waals surface area contributed by atoms with Gasteiger partial charge in [-0.15, -0.1) is 0 Å². The van der Waals surface area contributed by atoms with Crippen molar-refractivity contribution in [3.05, 3.63) is 29.8 Å². The third-order valence-electron chi connectivity index (χ3n) is 3.54. The molecule has 0 aromatic heterocycles. The van der Waals surface area contributed by atoms with Crippen molar-refractivity contribution in [2.24, 2.45) is 5.92 Å². The van der Waals surface area contributed by atoms with E-state index in [4.69, 9.17) is 10.2 Å². The summed E-state index contributed by atoms with van der Waals surface area (Å²) in [5.74, 6) is -2.07. The lowest BCUT2D eigenvalue weighted by Crippen LogP contribution is -2.31. The highest BCUT2D eigenvalue weighted by Gasteiger charge is 2.27. The summed E-state index contributed by atoms with van der Waals surface area (Å²) in [5, 5.41) is 21.3. The van der Waals surface area contributed by atoms with Gasteiger partial charge in [-0.3, -0.25) is 4.79 Å². The third kappa shape index (κ3) is 3.24. The fraction of sp³-hybridized carbons (Fsp3) is 0.429. The second-order valence-electron chi connectivity index (χ2n) is 4.89. The first kappa shape index (κ1) is 13.4. The van der Waals surface area contributed by atoms with Crippen LogP contribution in [0.2, 0.25) is 0 Å². The van der Waals surface area contributed by atoms with Crippen molar-refractivity contribution in [3.63, 3.8) is 0 Å². The van der Waals surface area contributed by atoms with Gasteiger partial charge in [-0.1, -0.05) is 18.6 Å². The van der Waals surface area contributed by atoms with E-state index in [1.807, 2.05) is 0 Å². The normalized spacial score (nSPS) is 22.7. The first-order valence-corrected chi connectivity index (χ1v) is 6.39. The number of carbonyl (C=O) groups is 2. The Hall–Kier alpha value is -2.04. The lowest BCUT2D eigenvalue weighted by Gasteiger charge is -2.28. The fourth-order valence-electron chi connectivity index (χ4n) is 2.56. The molecule has 19 heavy (non-hydrogen) atoms. The van der Waals surface area contributed by atoms with Crippen LogP contribution in [0.25, 0.3) is 0 Å². The molecule has 5 nitrogen and oxygen atoms in total. The second kappa shape index (κ2) is 5.73. The molecule has 1 fully saturated rings. The first-order valence-electron chi connectivity index (χ1n) is 6.39. The van der Waals surface area contributed by atoms with E-state index >= 15 is 0 Å². The van der Waals surface area contributed by atoms with Crippen molar-refractivity contribution in [2.45, 2.75) is 31.7 Å². The van der Waals surface area contributed by atoms with Crippen molar-refractivity contribution < 1.29 is 19.8 Å². The Morgan fingerprint density at radius 1 is 1.16 bits per heavy atom. The number of nitrogens with one attached hydrogen (secondary N) is 1. The van der Waals surface area contributed by atoms with Crippen LogP contribution in [-0.2, 0) is 4.79 Å². The zero-order valence-electron chi connectivity index (χ0n) is 10.5. The molecule has 0 bridgehead atoms. The van der Waals surface area contributed by atoms with Gasteiger partial charge in [0, 0.05) is 11.7 Å². The Labute approximate surface area is 111 Å². The number of aliphatic carboxylic acids is 1. The van der Waals surface area contributed by atoms with Crippen LogP contribution in [0.15, 0.2) is 24.3 Å². The number of anilines is 1. The molecule has 2 rings (SSSR count). The minimum Gasteiger partial charge on any atom is -0.481 e. The van der Waals surface area contributed by atoms with E-state index in [-0.39, 0.29) is 17.5 Å². The van der Waals surface area contributed by atoms with Gasteiger partial charge in [-0.25, -0.2) is 4.79 Å². The standard InChI is InChI=1S/C14H17NO4/c16-13(17)9-4-3-5-10(8-9)15-12-7-2-1-6-11(12)14(18)19/h1-2,6-7,9-10,15H,3-5,8H2,(H,16,17)(H,18,19). The maximum atomic E-state index is 11.1. The Morgan fingerprint density at radius 3 is 2.58 bits per heavy atom.